The molecule has 2 heterocycles. The van der Waals surface area contributed by atoms with E-state index in [4.69, 9.17) is 29.8 Å². The first kappa shape index (κ1) is 25.6. The van der Waals surface area contributed by atoms with E-state index in [2.05, 4.69) is 19.9 Å². The van der Waals surface area contributed by atoms with Gasteiger partial charge in [-0.2, -0.15) is 0 Å². The normalized spacial score (nSPS) is 35.6. The lowest BCUT2D eigenvalue weighted by Gasteiger charge is -2.42. The maximum atomic E-state index is 10.5. The highest BCUT2D eigenvalue weighted by atomic mass is 16.6. The number of epoxide rings is 2. The summed E-state index contributed by atoms with van der Waals surface area (Å²) in [6.07, 6.45) is 12.4. The van der Waals surface area contributed by atoms with Crippen LogP contribution in [0.15, 0.2) is 11.6 Å². The first-order chi connectivity index (χ1) is 15.3. The van der Waals surface area contributed by atoms with Crippen molar-refractivity contribution in [3.8, 4) is 0 Å². The van der Waals surface area contributed by atoms with Gasteiger partial charge in [-0.05, 0) is 46.0 Å². The van der Waals surface area contributed by atoms with E-state index in [1.54, 1.807) is 7.11 Å². The highest BCUT2D eigenvalue weighted by molar-refractivity contribution is 5.66. The maximum absolute atomic E-state index is 10.5. The smallest absolute Gasteiger partial charge is 0.303 e. The van der Waals surface area contributed by atoms with E-state index in [-0.39, 0.29) is 36.3 Å². The minimum atomic E-state index is -0.703. The number of carboxylic acids is 1. The molecule has 184 valence electrons. The first-order valence-electron chi connectivity index (χ1n) is 12.4. The molecule has 0 bridgehead atoms. The molecule has 3 rings (SSSR count). The number of unbranched alkanes of at least 4 members (excludes halogenated alkanes) is 6. The highest BCUT2D eigenvalue weighted by Crippen LogP contribution is 2.57. The third-order valence-corrected chi connectivity index (χ3v) is 7.29. The average Bonchev–Trinajstić information content (AvgIpc) is 3.65. The molecule has 7 nitrogen and oxygen atoms in total. The first-order valence-corrected chi connectivity index (χ1v) is 12.4. The fraction of sp³-hybridized carbons (Fsp3) is 0.880. The number of hydrogen-bond acceptors (Lipinski definition) is 6. The summed E-state index contributed by atoms with van der Waals surface area (Å²) in [5.41, 5.74) is 7.11. The predicted octanol–water partition coefficient (Wildman–Crippen LogP) is 4.18. The van der Waals surface area contributed by atoms with Crippen LogP contribution in [0.3, 0.4) is 0 Å². The molecular weight excluding hydrogens is 410 g/mol. The van der Waals surface area contributed by atoms with E-state index < -0.39 is 11.7 Å². The van der Waals surface area contributed by atoms with E-state index >= 15 is 0 Å². The third kappa shape index (κ3) is 6.54. The average molecular weight is 454 g/mol. The molecule has 0 radical (unpaired) electrons. The van der Waals surface area contributed by atoms with E-state index in [1.165, 1.54) is 12.0 Å². The fourth-order valence-corrected chi connectivity index (χ4v) is 5.33. The zero-order valence-electron chi connectivity index (χ0n) is 20.1. The van der Waals surface area contributed by atoms with E-state index in [0.717, 1.165) is 71.0 Å². The third-order valence-electron chi connectivity index (χ3n) is 7.29. The number of hydrogen-bond donors (Lipinski definition) is 2. The lowest BCUT2D eigenvalue weighted by Crippen LogP contribution is -2.59. The van der Waals surface area contributed by atoms with Crippen molar-refractivity contribution in [3.05, 3.63) is 11.6 Å². The summed E-state index contributed by atoms with van der Waals surface area (Å²) in [6.45, 7) is 5.64. The second-order valence-corrected chi connectivity index (χ2v) is 10.1. The van der Waals surface area contributed by atoms with Crippen LogP contribution in [0.25, 0.3) is 0 Å². The van der Waals surface area contributed by atoms with Gasteiger partial charge in [-0.15, -0.1) is 0 Å². The summed E-state index contributed by atoms with van der Waals surface area (Å²) in [4.78, 5) is 10.5. The van der Waals surface area contributed by atoms with Gasteiger partial charge in [0.2, 0.25) is 0 Å². The van der Waals surface area contributed by atoms with Crippen molar-refractivity contribution in [1.29, 1.82) is 0 Å². The van der Waals surface area contributed by atoms with Crippen LogP contribution in [-0.2, 0) is 23.7 Å². The van der Waals surface area contributed by atoms with Crippen molar-refractivity contribution in [1.82, 2.24) is 0 Å². The molecule has 1 aliphatic carbocycles. The Kier molecular flexibility index (Phi) is 9.15. The monoisotopic (exact) mass is 453 g/mol. The van der Waals surface area contributed by atoms with Gasteiger partial charge in [0, 0.05) is 20.1 Å². The molecule has 6 atom stereocenters. The Bertz CT molecular complexity index is 644. The number of allylic oxidation sites excluding steroid dienone is 1. The molecule has 2 aliphatic heterocycles. The number of carboxylic acid groups (broad SMARTS) is 1. The lowest BCUT2D eigenvalue weighted by atomic mass is 9.70. The molecular formula is C25H43NO6. The lowest BCUT2D eigenvalue weighted by molar-refractivity contribution is -0.140. The summed E-state index contributed by atoms with van der Waals surface area (Å²) in [5, 5.41) is 8.66. The Hall–Kier alpha value is -0.990. The molecule has 7 heteroatoms. The van der Waals surface area contributed by atoms with Crippen molar-refractivity contribution in [3.63, 3.8) is 0 Å². The van der Waals surface area contributed by atoms with Crippen molar-refractivity contribution < 1.29 is 28.8 Å². The number of methoxy groups -OCH3 is 1. The van der Waals surface area contributed by atoms with Gasteiger partial charge >= 0.3 is 5.97 Å². The van der Waals surface area contributed by atoms with Crippen molar-refractivity contribution in [2.75, 3.05) is 20.3 Å². The quantitative estimate of drug-likeness (QED) is 0.218. The Morgan fingerprint density at radius 2 is 1.81 bits per heavy atom. The summed E-state index contributed by atoms with van der Waals surface area (Å²) in [6, 6.07) is 0. The van der Waals surface area contributed by atoms with Gasteiger partial charge in [0.25, 0.3) is 0 Å². The van der Waals surface area contributed by atoms with Gasteiger partial charge in [-0.1, -0.05) is 43.8 Å². The molecule has 0 aromatic rings. The van der Waals surface area contributed by atoms with E-state index in [9.17, 15) is 4.79 Å². The number of aliphatic carboxylic acids is 1. The second-order valence-electron chi connectivity index (χ2n) is 10.1. The standard InChI is InChI=1S/C25H43NO6/c1-18(2)12-13-20-25(26,32-20)23-22(29-3)19(14-15-24(23)17-31-24)30-16-10-8-6-4-5-7-9-11-21(27)28/h12,19-20,22-23H,4-11,13-17,26H2,1-3H3,(H,27,28)/t19-,20-,22-,23+,24+,25+/m1/s1. The molecule has 3 N–H and O–H groups in total. The zero-order valence-corrected chi connectivity index (χ0v) is 20.1. The number of rotatable bonds is 15. The molecule has 1 spiro atoms. The van der Waals surface area contributed by atoms with Crippen LogP contribution in [0, 0.1) is 5.92 Å². The van der Waals surface area contributed by atoms with Gasteiger partial charge in [-0.3, -0.25) is 4.79 Å². The predicted molar refractivity (Wildman–Crippen MR) is 122 cm³/mol. The molecule has 0 aromatic carbocycles. The van der Waals surface area contributed by atoms with E-state index in [0.29, 0.717) is 0 Å². The summed E-state index contributed by atoms with van der Waals surface area (Å²) in [5.74, 6) is -0.710. The number of carbonyl (C=O) groups is 1. The van der Waals surface area contributed by atoms with Crippen LogP contribution in [0.1, 0.15) is 84.5 Å². The molecule has 32 heavy (non-hydrogen) atoms. The second kappa shape index (κ2) is 11.4. The van der Waals surface area contributed by atoms with Gasteiger partial charge < -0.3 is 29.8 Å². The molecule has 3 aliphatic rings. The molecule has 0 amide bonds. The Morgan fingerprint density at radius 3 is 2.41 bits per heavy atom. The van der Waals surface area contributed by atoms with Crippen LogP contribution < -0.4 is 5.73 Å². The van der Waals surface area contributed by atoms with Gasteiger partial charge in [-0.25, -0.2) is 0 Å². The van der Waals surface area contributed by atoms with Crippen LogP contribution in [-0.4, -0.2) is 61.0 Å². The van der Waals surface area contributed by atoms with Gasteiger partial charge in [0.15, 0.2) is 5.72 Å². The van der Waals surface area contributed by atoms with Crippen LogP contribution in [0.2, 0.25) is 0 Å². The summed E-state index contributed by atoms with van der Waals surface area (Å²) < 4.78 is 24.2. The minimum absolute atomic E-state index is 0.00961. The van der Waals surface area contributed by atoms with Crippen molar-refractivity contribution in [2.45, 2.75) is 114 Å². The maximum Gasteiger partial charge on any atom is 0.303 e. The SMILES string of the molecule is CO[C@@H]1[C@H](OCCCCCCCCCC(=O)O)CC[C@]2(CO2)[C@H]1[C@@]1(N)O[C@@H]1CC=C(C)C. The highest BCUT2D eigenvalue weighted by Gasteiger charge is 2.72. The van der Waals surface area contributed by atoms with Gasteiger partial charge in [0.1, 0.15) is 11.7 Å². The zero-order chi connectivity index (χ0) is 23.2. The van der Waals surface area contributed by atoms with Crippen LogP contribution in [0.4, 0.5) is 0 Å². The number of ether oxygens (including phenoxy) is 4. The molecule has 2 saturated heterocycles. The minimum Gasteiger partial charge on any atom is -0.481 e. The molecule has 0 aromatic heterocycles. The fourth-order valence-electron chi connectivity index (χ4n) is 5.33. The molecule has 0 unspecified atom stereocenters. The Balaban J connectivity index is 1.40. The van der Waals surface area contributed by atoms with E-state index in [1.807, 2.05) is 0 Å². The Morgan fingerprint density at radius 1 is 1.16 bits per heavy atom. The molecule has 3 fully saturated rings. The number of nitrogens with two attached hydrogens (primary N) is 1. The Labute approximate surface area is 193 Å². The largest absolute Gasteiger partial charge is 0.481 e. The van der Waals surface area contributed by atoms with Crippen molar-refractivity contribution >= 4 is 5.97 Å². The summed E-state index contributed by atoms with van der Waals surface area (Å²) in [7, 11) is 1.75. The van der Waals surface area contributed by atoms with Crippen molar-refractivity contribution in [2.24, 2.45) is 11.7 Å². The van der Waals surface area contributed by atoms with Crippen LogP contribution in [0.5, 0.6) is 0 Å². The molecule has 1 saturated carbocycles. The topological polar surface area (TPSA) is 107 Å². The van der Waals surface area contributed by atoms with Gasteiger partial charge in [0.05, 0.1) is 24.7 Å². The van der Waals surface area contributed by atoms with Crippen LogP contribution >= 0.6 is 0 Å². The summed E-state index contributed by atoms with van der Waals surface area (Å²) >= 11 is 0.